The van der Waals surface area contributed by atoms with Crippen LogP contribution in [0.3, 0.4) is 0 Å². The summed E-state index contributed by atoms with van der Waals surface area (Å²) in [5.74, 6) is 0.820. The van der Waals surface area contributed by atoms with Crippen molar-refractivity contribution in [3.8, 4) is 22.6 Å². The molecule has 3 aromatic carbocycles. The van der Waals surface area contributed by atoms with Crippen LogP contribution in [-0.2, 0) is 25.4 Å². The van der Waals surface area contributed by atoms with Gasteiger partial charge in [-0.3, -0.25) is 4.79 Å². The first kappa shape index (κ1) is 28.4. The molecule has 9 heteroatoms. The number of nitrogens with one attached hydrogen (secondary N) is 1. The van der Waals surface area contributed by atoms with Crippen LogP contribution in [0.4, 0.5) is 4.79 Å². The fraction of sp³-hybridized carbons (Fsp3) is 0.375. The minimum absolute atomic E-state index is 0.237. The lowest BCUT2D eigenvalue weighted by atomic mass is 9.89. The summed E-state index contributed by atoms with van der Waals surface area (Å²) in [4.78, 5) is 25.5. The summed E-state index contributed by atoms with van der Waals surface area (Å²) in [5, 5.41) is 3.05. The van der Waals surface area contributed by atoms with E-state index in [2.05, 4.69) is 17.4 Å². The number of hydrogen-bond donors (Lipinski definition) is 1. The molecule has 0 radical (unpaired) electrons. The van der Waals surface area contributed by atoms with Gasteiger partial charge in [-0.2, -0.15) is 0 Å². The molecule has 2 heterocycles. The molecule has 0 aromatic heterocycles. The number of ether oxygens (including phenoxy) is 6. The number of rotatable bonds is 10. The molecular formula is C32H35NO8. The predicted octanol–water partition coefficient (Wildman–Crippen LogP) is 5.16. The van der Waals surface area contributed by atoms with Crippen molar-refractivity contribution in [2.75, 3.05) is 20.8 Å². The van der Waals surface area contributed by atoms with Crippen molar-refractivity contribution in [2.45, 2.75) is 56.9 Å². The second-order valence-corrected chi connectivity index (χ2v) is 10.6. The Labute approximate surface area is 239 Å². The van der Waals surface area contributed by atoms with Crippen molar-refractivity contribution in [2.24, 2.45) is 0 Å². The fourth-order valence-corrected chi connectivity index (χ4v) is 5.36. The highest BCUT2D eigenvalue weighted by Crippen LogP contribution is 2.39. The Morgan fingerprint density at radius 3 is 2.46 bits per heavy atom. The zero-order chi connectivity index (χ0) is 29.0. The molecule has 1 N–H and O–H groups in total. The Hall–Kier alpha value is -4.08. The molecule has 4 atom stereocenters. The van der Waals surface area contributed by atoms with E-state index in [1.54, 1.807) is 19.2 Å². The third-order valence-corrected chi connectivity index (χ3v) is 7.35. The van der Waals surface area contributed by atoms with Gasteiger partial charge in [0.15, 0.2) is 6.10 Å². The van der Waals surface area contributed by atoms with Gasteiger partial charge in [0, 0.05) is 13.7 Å². The van der Waals surface area contributed by atoms with Gasteiger partial charge < -0.3 is 33.7 Å². The lowest BCUT2D eigenvalue weighted by molar-refractivity contribution is -0.282. The van der Waals surface area contributed by atoms with Crippen molar-refractivity contribution in [3.05, 3.63) is 83.9 Å². The number of hydrogen-bond acceptors (Lipinski definition) is 8. The number of amides is 1. The van der Waals surface area contributed by atoms with Crippen molar-refractivity contribution in [1.82, 2.24) is 5.32 Å². The Bertz CT molecular complexity index is 1380. The quantitative estimate of drug-likeness (QED) is 0.268. The minimum Gasteiger partial charge on any atom is -0.497 e. The summed E-state index contributed by atoms with van der Waals surface area (Å²) in [6, 6.07) is 22.9. The highest BCUT2D eigenvalue weighted by atomic mass is 16.8. The maximum Gasteiger partial charge on any atom is 0.509 e. The Morgan fingerprint density at radius 1 is 0.927 bits per heavy atom. The van der Waals surface area contributed by atoms with Gasteiger partial charge in [-0.05, 0) is 73.7 Å². The summed E-state index contributed by atoms with van der Waals surface area (Å²) < 4.78 is 34.2. The van der Waals surface area contributed by atoms with Gasteiger partial charge in [-0.15, -0.1) is 0 Å². The van der Waals surface area contributed by atoms with E-state index in [1.807, 2.05) is 62.4 Å². The molecule has 0 saturated carbocycles. The average Bonchev–Trinajstić information content (AvgIpc) is 3.36. The highest BCUT2D eigenvalue weighted by molar-refractivity contribution is 6.01. The highest BCUT2D eigenvalue weighted by Gasteiger charge is 2.58. The summed E-state index contributed by atoms with van der Waals surface area (Å²) in [6.07, 6.45) is -2.23. The van der Waals surface area contributed by atoms with Gasteiger partial charge in [-0.1, -0.05) is 42.5 Å². The second kappa shape index (κ2) is 12.2. The van der Waals surface area contributed by atoms with E-state index < -0.39 is 36.4 Å². The molecule has 3 aromatic rings. The van der Waals surface area contributed by atoms with E-state index in [-0.39, 0.29) is 5.91 Å². The monoisotopic (exact) mass is 561 g/mol. The first-order valence-electron chi connectivity index (χ1n) is 13.6. The number of methoxy groups -OCH3 is 2. The number of benzene rings is 3. The van der Waals surface area contributed by atoms with Crippen LogP contribution >= 0.6 is 0 Å². The first-order chi connectivity index (χ1) is 19.8. The molecule has 1 amide bonds. The van der Waals surface area contributed by atoms with Crippen molar-refractivity contribution < 1.29 is 38.0 Å². The Kier molecular flexibility index (Phi) is 8.46. The normalized spacial score (nSPS) is 22.7. The zero-order valence-electron chi connectivity index (χ0n) is 23.6. The number of carbonyl (C=O) groups excluding carboxylic acids is 2. The van der Waals surface area contributed by atoms with E-state index in [1.165, 1.54) is 12.7 Å². The van der Waals surface area contributed by atoms with Crippen LogP contribution in [0.1, 0.15) is 36.2 Å². The topological polar surface area (TPSA) is 102 Å². The van der Waals surface area contributed by atoms with Gasteiger partial charge in [0.2, 0.25) is 12.4 Å². The van der Waals surface area contributed by atoms with Gasteiger partial charge in [0.05, 0.1) is 18.3 Å². The Morgan fingerprint density at radius 2 is 1.71 bits per heavy atom. The summed E-state index contributed by atoms with van der Waals surface area (Å²) in [5.41, 5.74) is 2.34. The molecule has 2 aliphatic rings. The molecule has 2 saturated heterocycles. The van der Waals surface area contributed by atoms with Crippen LogP contribution in [0, 0.1) is 0 Å². The number of carbonyl (C=O) groups is 2. The van der Waals surface area contributed by atoms with E-state index in [4.69, 9.17) is 28.4 Å². The predicted molar refractivity (Wildman–Crippen MR) is 151 cm³/mol. The molecule has 5 rings (SSSR count). The fourth-order valence-electron chi connectivity index (χ4n) is 5.36. The standard InChI is InChI=1S/C32H35NO8/c1-32(2)28(37-4)26-27(40-31(35)39-26)30(41-32)38-23-15-16-24(21-13-8-14-22(18-21)36-3)25(19-23)29(34)33-17-9-12-20-10-6-5-7-11-20/h5-8,10-11,13-16,18-19,26-28,30H,9,12,17H2,1-4H3,(H,33,34)/t26-,27+,28+,30+/m0/s1. The van der Waals surface area contributed by atoms with Crippen LogP contribution in [0.25, 0.3) is 11.1 Å². The summed E-state index contributed by atoms with van der Waals surface area (Å²) in [6.45, 7) is 4.17. The summed E-state index contributed by atoms with van der Waals surface area (Å²) >= 11 is 0. The van der Waals surface area contributed by atoms with Gasteiger partial charge in [0.25, 0.3) is 5.91 Å². The third kappa shape index (κ3) is 6.31. The van der Waals surface area contributed by atoms with Gasteiger partial charge >= 0.3 is 6.16 Å². The largest absolute Gasteiger partial charge is 0.509 e. The Balaban J connectivity index is 1.39. The second-order valence-electron chi connectivity index (χ2n) is 10.6. The van der Waals surface area contributed by atoms with Crippen LogP contribution in [0.5, 0.6) is 11.5 Å². The molecule has 216 valence electrons. The smallest absolute Gasteiger partial charge is 0.497 e. The average molecular weight is 562 g/mol. The van der Waals surface area contributed by atoms with E-state index >= 15 is 0 Å². The molecule has 41 heavy (non-hydrogen) atoms. The molecule has 0 bridgehead atoms. The van der Waals surface area contributed by atoms with Gasteiger partial charge in [0.1, 0.15) is 17.6 Å². The molecule has 0 aliphatic carbocycles. The van der Waals surface area contributed by atoms with Crippen molar-refractivity contribution in [1.29, 1.82) is 0 Å². The third-order valence-electron chi connectivity index (χ3n) is 7.35. The van der Waals surface area contributed by atoms with Crippen LogP contribution in [0.15, 0.2) is 72.8 Å². The van der Waals surface area contributed by atoms with Gasteiger partial charge in [-0.25, -0.2) is 4.79 Å². The number of fused-ring (bicyclic) bond motifs is 1. The van der Waals surface area contributed by atoms with Crippen LogP contribution in [0.2, 0.25) is 0 Å². The lowest BCUT2D eigenvalue weighted by Crippen LogP contribution is -2.62. The molecule has 0 unspecified atom stereocenters. The SMILES string of the molecule is COc1cccc(-c2ccc(O[C@@H]3OC(C)(C)[C@H](OC)[C@H]4OC(=O)O[C@@H]34)cc2C(=O)NCCCc2ccccc2)c1. The summed E-state index contributed by atoms with van der Waals surface area (Å²) in [7, 11) is 3.13. The maximum atomic E-state index is 13.5. The lowest BCUT2D eigenvalue weighted by Gasteiger charge is -2.45. The van der Waals surface area contributed by atoms with E-state index in [9.17, 15) is 9.59 Å². The van der Waals surface area contributed by atoms with Crippen LogP contribution < -0.4 is 14.8 Å². The number of aryl methyl sites for hydroxylation is 1. The maximum absolute atomic E-state index is 13.5. The van der Waals surface area contributed by atoms with E-state index in [0.717, 1.165) is 24.0 Å². The minimum atomic E-state index is -0.975. The molecule has 2 aliphatic heterocycles. The molecule has 0 spiro atoms. The molecule has 9 nitrogen and oxygen atoms in total. The van der Waals surface area contributed by atoms with Crippen molar-refractivity contribution >= 4 is 12.1 Å². The zero-order valence-corrected chi connectivity index (χ0v) is 23.6. The van der Waals surface area contributed by atoms with Crippen molar-refractivity contribution in [3.63, 3.8) is 0 Å². The molecule has 2 fully saturated rings. The van der Waals surface area contributed by atoms with Crippen LogP contribution in [-0.4, -0.2) is 63.0 Å². The molecular weight excluding hydrogens is 526 g/mol. The first-order valence-corrected chi connectivity index (χ1v) is 13.6. The van der Waals surface area contributed by atoms with E-state index in [0.29, 0.717) is 23.6 Å².